The second kappa shape index (κ2) is 6.10. The van der Waals surface area contributed by atoms with E-state index in [0.29, 0.717) is 17.6 Å². The third-order valence-corrected chi connectivity index (χ3v) is 6.05. The zero-order valence-electron chi connectivity index (χ0n) is 11.2. The summed E-state index contributed by atoms with van der Waals surface area (Å²) in [4.78, 5) is 0.0898. The van der Waals surface area contributed by atoms with Crippen molar-refractivity contribution in [1.82, 2.24) is 4.31 Å². The number of nitrogens with two attached hydrogens (primary N) is 1. The first-order chi connectivity index (χ1) is 8.62. The van der Waals surface area contributed by atoms with Gasteiger partial charge in [-0.2, -0.15) is 0 Å². The lowest BCUT2D eigenvalue weighted by molar-refractivity contribution is 0.292. The summed E-state index contributed by atoms with van der Waals surface area (Å²) >= 11 is 9.24. The van der Waals surface area contributed by atoms with Crippen LogP contribution >= 0.6 is 27.5 Å². The van der Waals surface area contributed by atoms with Crippen LogP contribution in [0.1, 0.15) is 13.8 Å². The van der Waals surface area contributed by atoms with Crippen LogP contribution in [-0.2, 0) is 10.0 Å². The van der Waals surface area contributed by atoms with Crippen molar-refractivity contribution >= 4 is 37.6 Å². The second-order valence-corrected chi connectivity index (χ2v) is 8.42. The first kappa shape index (κ1) is 16.9. The quantitative estimate of drug-likeness (QED) is 0.868. The van der Waals surface area contributed by atoms with Crippen LogP contribution in [0.2, 0.25) is 5.02 Å². The van der Waals surface area contributed by atoms with Crippen molar-refractivity contribution in [3.05, 3.63) is 27.7 Å². The molecule has 1 aromatic carbocycles. The fourth-order valence-corrected chi connectivity index (χ4v) is 4.66. The van der Waals surface area contributed by atoms with Gasteiger partial charge in [-0.15, -0.1) is 0 Å². The van der Waals surface area contributed by atoms with Crippen molar-refractivity contribution < 1.29 is 8.42 Å². The Bertz CT molecular complexity index is 541. The fourth-order valence-electron chi connectivity index (χ4n) is 1.64. The highest BCUT2D eigenvalue weighted by atomic mass is 79.9. The average molecular weight is 370 g/mol. The fraction of sp³-hybridized carbons (Fsp3) is 0.500. The SMILES string of the molecule is CN(CC(C)(C)CN)S(=O)(=O)c1c(Cl)cccc1Br. The summed E-state index contributed by atoms with van der Waals surface area (Å²) in [5, 5.41) is 0.201. The van der Waals surface area contributed by atoms with Gasteiger partial charge in [-0.3, -0.25) is 0 Å². The largest absolute Gasteiger partial charge is 0.330 e. The topological polar surface area (TPSA) is 63.4 Å². The Morgan fingerprint density at radius 3 is 2.47 bits per heavy atom. The summed E-state index contributed by atoms with van der Waals surface area (Å²) in [6.45, 7) is 4.56. The maximum atomic E-state index is 12.5. The minimum absolute atomic E-state index is 0.0898. The number of halogens is 2. The van der Waals surface area contributed by atoms with Gasteiger partial charge in [0.15, 0.2) is 0 Å². The van der Waals surface area contributed by atoms with Gasteiger partial charge < -0.3 is 5.73 Å². The minimum atomic E-state index is -3.64. The number of nitrogens with zero attached hydrogens (tertiary/aromatic N) is 1. The van der Waals surface area contributed by atoms with Crippen LogP contribution in [0.3, 0.4) is 0 Å². The summed E-state index contributed by atoms with van der Waals surface area (Å²) in [6.07, 6.45) is 0. The molecule has 0 radical (unpaired) electrons. The van der Waals surface area contributed by atoms with Crippen LogP contribution in [0.5, 0.6) is 0 Å². The third-order valence-electron chi connectivity index (χ3n) is 2.79. The Kier molecular flexibility index (Phi) is 5.43. The molecule has 108 valence electrons. The van der Waals surface area contributed by atoms with E-state index in [0.717, 1.165) is 0 Å². The summed E-state index contributed by atoms with van der Waals surface area (Å²) < 4.78 is 26.8. The number of hydrogen-bond donors (Lipinski definition) is 1. The van der Waals surface area contributed by atoms with Crippen molar-refractivity contribution in [2.75, 3.05) is 20.1 Å². The minimum Gasteiger partial charge on any atom is -0.330 e. The Morgan fingerprint density at radius 2 is 2.00 bits per heavy atom. The second-order valence-electron chi connectivity index (χ2n) is 5.18. The molecule has 2 N–H and O–H groups in total. The first-order valence-electron chi connectivity index (χ1n) is 5.72. The molecule has 0 fully saturated rings. The van der Waals surface area contributed by atoms with E-state index in [2.05, 4.69) is 15.9 Å². The predicted molar refractivity (Wildman–Crippen MR) is 81.8 cm³/mol. The van der Waals surface area contributed by atoms with Gasteiger partial charge in [-0.25, -0.2) is 12.7 Å². The molecule has 4 nitrogen and oxygen atoms in total. The highest BCUT2D eigenvalue weighted by molar-refractivity contribution is 9.10. The molecule has 0 aliphatic carbocycles. The standard InChI is InChI=1S/C12H18BrClN2O2S/c1-12(2,7-15)8-16(3)19(17,18)11-9(13)5-4-6-10(11)14/h4-6H,7-8,15H2,1-3H3. The van der Waals surface area contributed by atoms with Crippen LogP contribution in [0.15, 0.2) is 27.6 Å². The molecule has 0 atom stereocenters. The van der Waals surface area contributed by atoms with Crippen molar-refractivity contribution in [2.24, 2.45) is 11.1 Å². The molecule has 0 bridgehead atoms. The molecule has 0 saturated heterocycles. The van der Waals surface area contributed by atoms with E-state index < -0.39 is 10.0 Å². The molecule has 0 unspecified atom stereocenters. The molecule has 1 aromatic rings. The lowest BCUT2D eigenvalue weighted by Gasteiger charge is -2.28. The zero-order valence-corrected chi connectivity index (χ0v) is 14.3. The van der Waals surface area contributed by atoms with Gasteiger partial charge >= 0.3 is 0 Å². The first-order valence-corrected chi connectivity index (χ1v) is 8.33. The maximum Gasteiger partial charge on any atom is 0.245 e. The van der Waals surface area contributed by atoms with Crippen molar-refractivity contribution in [3.63, 3.8) is 0 Å². The lowest BCUT2D eigenvalue weighted by Crippen LogP contribution is -2.39. The molecule has 19 heavy (non-hydrogen) atoms. The molecule has 0 amide bonds. The molecule has 0 aliphatic rings. The van der Waals surface area contributed by atoms with E-state index >= 15 is 0 Å². The molecule has 0 heterocycles. The van der Waals surface area contributed by atoms with Crippen LogP contribution in [-0.4, -0.2) is 32.9 Å². The van der Waals surface area contributed by atoms with Gasteiger partial charge in [-0.1, -0.05) is 31.5 Å². The smallest absolute Gasteiger partial charge is 0.245 e. The molecule has 0 spiro atoms. The van der Waals surface area contributed by atoms with E-state index in [1.54, 1.807) is 18.2 Å². The lowest BCUT2D eigenvalue weighted by atomic mass is 9.94. The van der Waals surface area contributed by atoms with Gasteiger partial charge in [0, 0.05) is 18.1 Å². The van der Waals surface area contributed by atoms with Gasteiger partial charge in [-0.05, 0) is 40.0 Å². The number of rotatable bonds is 5. The number of benzene rings is 1. The maximum absolute atomic E-state index is 12.5. The number of sulfonamides is 1. The van der Waals surface area contributed by atoms with Crippen LogP contribution in [0, 0.1) is 5.41 Å². The Labute approximate surface area is 128 Å². The molecular formula is C12H18BrClN2O2S. The average Bonchev–Trinajstić information content (AvgIpc) is 2.27. The Balaban J connectivity index is 3.18. The van der Waals surface area contributed by atoms with E-state index in [4.69, 9.17) is 17.3 Å². The van der Waals surface area contributed by atoms with Crippen LogP contribution in [0.25, 0.3) is 0 Å². The van der Waals surface area contributed by atoms with Crippen LogP contribution < -0.4 is 5.73 Å². The summed E-state index contributed by atoms with van der Waals surface area (Å²) in [6, 6.07) is 4.90. The van der Waals surface area contributed by atoms with Gasteiger partial charge in [0.25, 0.3) is 0 Å². The van der Waals surface area contributed by atoms with Gasteiger partial charge in [0.1, 0.15) is 4.90 Å². The van der Waals surface area contributed by atoms with Crippen molar-refractivity contribution in [1.29, 1.82) is 0 Å². The molecule has 0 saturated carbocycles. The summed E-state index contributed by atoms with van der Waals surface area (Å²) in [7, 11) is -2.11. The van der Waals surface area contributed by atoms with E-state index in [1.807, 2.05) is 13.8 Å². The van der Waals surface area contributed by atoms with E-state index in [-0.39, 0.29) is 15.3 Å². The monoisotopic (exact) mass is 368 g/mol. The molecule has 0 aliphatic heterocycles. The zero-order chi connectivity index (χ0) is 14.8. The van der Waals surface area contributed by atoms with E-state index in [1.165, 1.54) is 11.4 Å². The summed E-state index contributed by atoms with van der Waals surface area (Å²) in [5.41, 5.74) is 5.34. The van der Waals surface area contributed by atoms with Crippen LogP contribution in [0.4, 0.5) is 0 Å². The van der Waals surface area contributed by atoms with Crippen molar-refractivity contribution in [2.45, 2.75) is 18.7 Å². The molecule has 1 rings (SSSR count). The van der Waals surface area contributed by atoms with Gasteiger partial charge in [0.05, 0.1) is 5.02 Å². The third kappa shape index (κ3) is 3.92. The predicted octanol–water partition coefficient (Wildman–Crippen LogP) is 2.71. The van der Waals surface area contributed by atoms with E-state index in [9.17, 15) is 8.42 Å². The van der Waals surface area contributed by atoms with Gasteiger partial charge in [0.2, 0.25) is 10.0 Å². The Morgan fingerprint density at radius 1 is 1.42 bits per heavy atom. The summed E-state index contributed by atoms with van der Waals surface area (Å²) in [5.74, 6) is 0. The number of hydrogen-bond acceptors (Lipinski definition) is 3. The normalized spacial score (nSPS) is 13.0. The Hall–Kier alpha value is -0.140. The molecule has 0 aromatic heterocycles. The molecule has 7 heteroatoms. The highest BCUT2D eigenvalue weighted by Gasteiger charge is 2.30. The van der Waals surface area contributed by atoms with Crippen molar-refractivity contribution in [3.8, 4) is 0 Å². The molecular weight excluding hydrogens is 352 g/mol. The highest BCUT2D eigenvalue weighted by Crippen LogP contribution is 2.32.